The molecule has 0 N–H and O–H groups in total. The molecule has 0 spiro atoms. The normalized spacial score (nSPS) is 11.5. The van der Waals surface area contributed by atoms with E-state index in [-0.39, 0.29) is 11.2 Å². The summed E-state index contributed by atoms with van der Waals surface area (Å²) in [6.45, 7) is 6.01. The van der Waals surface area contributed by atoms with Crippen molar-refractivity contribution < 1.29 is 4.79 Å². The molecule has 0 saturated heterocycles. The number of rotatable bonds is 2. The van der Waals surface area contributed by atoms with Crippen LogP contribution in [0.3, 0.4) is 0 Å². The van der Waals surface area contributed by atoms with Crippen molar-refractivity contribution in [1.82, 2.24) is 19.6 Å². The smallest absolute Gasteiger partial charge is 0.209 e. The number of hydrogen-bond acceptors (Lipinski definition) is 6. The van der Waals surface area contributed by atoms with Crippen LogP contribution in [0.2, 0.25) is 0 Å². The lowest BCUT2D eigenvalue weighted by Gasteiger charge is -2.15. The van der Waals surface area contributed by atoms with Crippen molar-refractivity contribution in [2.24, 2.45) is 0 Å². The molecule has 6 heteroatoms. The van der Waals surface area contributed by atoms with Crippen molar-refractivity contribution >= 4 is 17.3 Å². The molecule has 0 aliphatic carbocycles. The molecule has 2 heterocycles. The monoisotopic (exact) mass is 248 g/mol. The van der Waals surface area contributed by atoms with Crippen LogP contribution in [0.25, 0.3) is 0 Å². The minimum Gasteiger partial charge on any atom is -0.287 e. The van der Waals surface area contributed by atoms with Crippen LogP contribution in [0, 0.1) is 0 Å². The minimum absolute atomic E-state index is 0.120. The fourth-order valence-corrected chi connectivity index (χ4v) is 2.22. The van der Waals surface area contributed by atoms with E-state index < -0.39 is 0 Å². The third-order valence-electron chi connectivity index (χ3n) is 2.23. The van der Waals surface area contributed by atoms with Crippen LogP contribution in [0.1, 0.15) is 41.7 Å². The second-order valence-corrected chi connectivity index (χ2v) is 5.41. The van der Waals surface area contributed by atoms with E-state index in [9.17, 15) is 4.79 Å². The summed E-state index contributed by atoms with van der Waals surface area (Å²) in [5.41, 5.74) is 0.980. The Kier molecular flexibility index (Phi) is 2.97. The van der Waals surface area contributed by atoms with Crippen LogP contribution in [0.5, 0.6) is 0 Å². The molecule has 2 rings (SSSR count). The van der Waals surface area contributed by atoms with E-state index in [1.165, 1.54) is 18.7 Å². The quantitative estimate of drug-likeness (QED) is 0.759. The number of nitrogens with zero attached hydrogens (tertiary/aromatic N) is 4. The van der Waals surface area contributed by atoms with Crippen LogP contribution < -0.4 is 0 Å². The summed E-state index contributed by atoms with van der Waals surface area (Å²) in [6.07, 6.45) is 4.40. The molecule has 5 nitrogen and oxygen atoms in total. The molecule has 2 aromatic rings. The Hall–Kier alpha value is -1.69. The van der Waals surface area contributed by atoms with Crippen LogP contribution in [-0.2, 0) is 5.41 Å². The van der Waals surface area contributed by atoms with Crippen LogP contribution >= 0.6 is 11.5 Å². The number of aromatic nitrogens is 4. The third kappa shape index (κ3) is 2.36. The highest BCUT2D eigenvalue weighted by Crippen LogP contribution is 2.27. The molecule has 17 heavy (non-hydrogen) atoms. The summed E-state index contributed by atoms with van der Waals surface area (Å²) < 4.78 is 3.87. The van der Waals surface area contributed by atoms with Gasteiger partial charge in [0, 0.05) is 17.8 Å². The lowest BCUT2D eigenvalue weighted by Crippen LogP contribution is -2.16. The summed E-state index contributed by atoms with van der Waals surface area (Å²) >= 11 is 1.11. The Morgan fingerprint density at radius 3 is 2.47 bits per heavy atom. The molecular weight excluding hydrogens is 236 g/mol. The summed E-state index contributed by atoms with van der Waals surface area (Å²) in [7, 11) is 0. The summed E-state index contributed by atoms with van der Waals surface area (Å²) in [4.78, 5) is 20.5. The van der Waals surface area contributed by atoms with Gasteiger partial charge >= 0.3 is 0 Å². The maximum absolute atomic E-state index is 12.2. The predicted octanol–water partition coefficient (Wildman–Crippen LogP) is 1.86. The van der Waals surface area contributed by atoms with Gasteiger partial charge in [-0.05, 0) is 11.5 Å². The Bertz CT molecular complexity index is 530. The second-order valence-electron chi connectivity index (χ2n) is 4.66. The summed E-state index contributed by atoms with van der Waals surface area (Å²) in [5.74, 6) is -0.120. The lowest BCUT2D eigenvalue weighted by atomic mass is 9.90. The SMILES string of the molecule is CC(C)(C)c1nnsc1C(=O)c1cncnc1. The first-order valence-corrected chi connectivity index (χ1v) is 5.90. The standard InChI is InChI=1S/C11H12N4OS/c1-11(2,3)10-9(17-15-14-10)8(16)7-4-12-6-13-5-7/h4-6H,1-3H3. The molecule has 0 aliphatic heterocycles. The molecule has 88 valence electrons. The Morgan fingerprint density at radius 2 is 1.88 bits per heavy atom. The fraction of sp³-hybridized carbons (Fsp3) is 0.364. The van der Waals surface area contributed by atoms with Crippen LogP contribution in [0.15, 0.2) is 18.7 Å². The zero-order valence-electron chi connectivity index (χ0n) is 9.84. The van der Waals surface area contributed by atoms with E-state index in [4.69, 9.17) is 0 Å². The molecule has 0 aromatic carbocycles. The van der Waals surface area contributed by atoms with Gasteiger partial charge in [0.1, 0.15) is 11.2 Å². The van der Waals surface area contributed by atoms with Crippen molar-refractivity contribution in [3.63, 3.8) is 0 Å². The van der Waals surface area contributed by atoms with Gasteiger partial charge in [-0.25, -0.2) is 9.97 Å². The second kappa shape index (κ2) is 4.29. The molecule has 0 unspecified atom stereocenters. The Balaban J connectivity index is 2.43. The van der Waals surface area contributed by atoms with E-state index in [1.807, 2.05) is 20.8 Å². The molecule has 0 aliphatic rings. The van der Waals surface area contributed by atoms with Gasteiger partial charge in [-0.1, -0.05) is 25.3 Å². The summed E-state index contributed by atoms with van der Waals surface area (Å²) in [5, 5.41) is 4.04. The molecular formula is C11H12N4OS. The van der Waals surface area contributed by atoms with Crippen molar-refractivity contribution in [2.45, 2.75) is 26.2 Å². The highest BCUT2D eigenvalue weighted by molar-refractivity contribution is 7.08. The van der Waals surface area contributed by atoms with Crippen LogP contribution in [0.4, 0.5) is 0 Å². The average Bonchev–Trinajstić information content (AvgIpc) is 2.78. The topological polar surface area (TPSA) is 68.6 Å². The zero-order chi connectivity index (χ0) is 12.5. The zero-order valence-corrected chi connectivity index (χ0v) is 10.7. The fourth-order valence-electron chi connectivity index (χ4n) is 1.38. The molecule has 0 fully saturated rings. The van der Waals surface area contributed by atoms with E-state index in [0.29, 0.717) is 10.4 Å². The van der Waals surface area contributed by atoms with Gasteiger partial charge < -0.3 is 0 Å². The number of ketones is 1. The summed E-state index contributed by atoms with van der Waals surface area (Å²) in [6, 6.07) is 0. The van der Waals surface area contributed by atoms with Crippen LogP contribution in [-0.4, -0.2) is 25.3 Å². The first-order valence-electron chi connectivity index (χ1n) is 5.12. The van der Waals surface area contributed by atoms with Gasteiger partial charge in [0.25, 0.3) is 0 Å². The third-order valence-corrected chi connectivity index (χ3v) is 2.95. The van der Waals surface area contributed by atoms with Gasteiger partial charge in [-0.15, -0.1) is 5.10 Å². The highest BCUT2D eigenvalue weighted by Gasteiger charge is 2.26. The van der Waals surface area contributed by atoms with Crippen molar-refractivity contribution in [2.75, 3.05) is 0 Å². The van der Waals surface area contributed by atoms with Gasteiger partial charge in [0.15, 0.2) is 0 Å². The van der Waals surface area contributed by atoms with Gasteiger partial charge in [0.2, 0.25) is 5.78 Å². The maximum Gasteiger partial charge on any atom is 0.209 e. The van der Waals surface area contributed by atoms with Gasteiger partial charge in [0.05, 0.1) is 11.3 Å². The highest BCUT2D eigenvalue weighted by atomic mass is 32.1. The van der Waals surface area contributed by atoms with Gasteiger partial charge in [-0.3, -0.25) is 4.79 Å². The number of hydrogen-bond donors (Lipinski definition) is 0. The van der Waals surface area contributed by atoms with E-state index in [1.54, 1.807) is 0 Å². The molecule has 2 aromatic heterocycles. The van der Waals surface area contributed by atoms with Crippen molar-refractivity contribution in [3.05, 3.63) is 34.9 Å². The lowest BCUT2D eigenvalue weighted by molar-refractivity contribution is 0.103. The molecule has 0 saturated carbocycles. The van der Waals surface area contributed by atoms with E-state index >= 15 is 0 Å². The maximum atomic E-state index is 12.2. The molecule has 0 amide bonds. The molecule has 0 bridgehead atoms. The first kappa shape index (κ1) is 11.8. The Labute approximate surface area is 103 Å². The minimum atomic E-state index is -0.201. The van der Waals surface area contributed by atoms with E-state index in [0.717, 1.165) is 17.2 Å². The number of carbonyl (C=O) groups excluding carboxylic acids is 1. The molecule has 0 radical (unpaired) electrons. The largest absolute Gasteiger partial charge is 0.287 e. The van der Waals surface area contributed by atoms with Crippen molar-refractivity contribution in [1.29, 1.82) is 0 Å². The van der Waals surface area contributed by atoms with Gasteiger partial charge in [-0.2, -0.15) is 0 Å². The van der Waals surface area contributed by atoms with E-state index in [2.05, 4.69) is 19.6 Å². The first-order chi connectivity index (χ1) is 8.00. The average molecular weight is 248 g/mol. The predicted molar refractivity (Wildman–Crippen MR) is 64.1 cm³/mol. The Morgan fingerprint density at radius 1 is 1.24 bits per heavy atom. The number of carbonyl (C=O) groups is 1. The van der Waals surface area contributed by atoms with Crippen molar-refractivity contribution in [3.8, 4) is 0 Å². The molecule has 0 atom stereocenters.